The van der Waals surface area contributed by atoms with Crippen LogP contribution in [0.3, 0.4) is 0 Å². The average molecular weight is 432 g/mol. The van der Waals surface area contributed by atoms with Gasteiger partial charge in [0.15, 0.2) is 6.04 Å². The van der Waals surface area contributed by atoms with Gasteiger partial charge in [0.25, 0.3) is 0 Å². The third kappa shape index (κ3) is 21.2. The minimum absolute atomic E-state index is 0.309. The molecule has 17 heteroatoms. The predicted molar refractivity (Wildman–Crippen MR) is 70.8 cm³/mol. The number of nitrogens with two attached hydrogens (primary N) is 1. The lowest BCUT2D eigenvalue weighted by Crippen LogP contribution is -2.79. The molecule has 11 nitrogen and oxygen atoms in total. The quantitative estimate of drug-likeness (QED) is 0.0891. The van der Waals surface area contributed by atoms with Crippen LogP contribution < -0.4 is 32.2 Å². The second-order valence-electron chi connectivity index (χ2n) is 4.39. The number of carbonyl (C=O) groups is 3. The number of alkyl halides is 6. The summed E-state index contributed by atoms with van der Waals surface area (Å²) in [5, 5.41) is 26.1. The van der Waals surface area contributed by atoms with E-state index in [9.17, 15) is 31.1 Å². The Bertz CT molecular complexity index is 501. The zero-order chi connectivity index (χ0) is 23.1. The van der Waals surface area contributed by atoms with Crippen LogP contribution in [0.25, 0.3) is 0 Å². The molecule has 8 N–H and O–H groups in total. The third-order valence-corrected chi connectivity index (χ3v) is 2.07. The van der Waals surface area contributed by atoms with Gasteiger partial charge in [-0.2, -0.15) is 26.3 Å². The molecule has 0 amide bonds. The summed E-state index contributed by atoms with van der Waals surface area (Å²) in [5.41, 5.74) is 11.3. The van der Waals surface area contributed by atoms with Gasteiger partial charge in [0.05, 0.1) is 13.7 Å². The van der Waals surface area contributed by atoms with Crippen molar-refractivity contribution >= 4 is 23.9 Å². The van der Waals surface area contributed by atoms with Crippen molar-refractivity contribution in [1.29, 1.82) is 0 Å². The Labute approximate surface area is 152 Å². The molecule has 0 aliphatic carbocycles. The van der Waals surface area contributed by atoms with Gasteiger partial charge >= 0.3 is 24.3 Å². The van der Waals surface area contributed by atoms with E-state index >= 15 is 0 Å². The van der Waals surface area contributed by atoms with Crippen molar-refractivity contribution in [2.75, 3.05) is 13.7 Å². The summed E-state index contributed by atoms with van der Waals surface area (Å²) in [5.74, 6) is -6.58. The van der Waals surface area contributed by atoms with Gasteiger partial charge in [-0.25, -0.2) is 9.63 Å². The maximum atomic E-state index is 10.5. The fourth-order valence-electron chi connectivity index (χ4n) is 0.841. The van der Waals surface area contributed by atoms with E-state index in [4.69, 9.17) is 30.6 Å². The lowest BCUT2D eigenvalue weighted by molar-refractivity contribution is -0.467. The van der Waals surface area contributed by atoms with Crippen molar-refractivity contribution in [2.45, 2.75) is 31.2 Å². The molecule has 0 aliphatic rings. The van der Waals surface area contributed by atoms with Crippen molar-refractivity contribution in [2.24, 2.45) is 5.73 Å². The van der Waals surface area contributed by atoms with Gasteiger partial charge in [0.2, 0.25) is 0 Å². The highest BCUT2D eigenvalue weighted by atomic mass is 19.4. The lowest BCUT2D eigenvalue weighted by atomic mass is 10.2. The number of nitrogens with one attached hydrogen (secondary N) is 2. The maximum absolute atomic E-state index is 10.5. The van der Waals surface area contributed by atoms with Gasteiger partial charge in [-0.05, 0) is 6.42 Å². The van der Waals surface area contributed by atoms with Crippen molar-refractivity contribution in [3.8, 4) is 0 Å². The number of halogens is 6. The first-order valence-corrected chi connectivity index (χ1v) is 6.74. The number of rotatable bonds is 6. The normalized spacial score (nSPS) is 12.5. The Morgan fingerprint density at radius 3 is 1.75 bits per heavy atom. The Balaban J connectivity index is -0.000000375. The van der Waals surface area contributed by atoms with Crippen molar-refractivity contribution in [3.05, 3.63) is 0 Å². The Kier molecular flexibility index (Phi) is 15.2. The minimum atomic E-state index is -5.19. The molecular formula is C11H18F6N4O7. The number of hydroxylamine groups is 1. The van der Waals surface area contributed by atoms with Crippen LogP contribution in [0.2, 0.25) is 0 Å². The molecule has 0 aromatic heterocycles. The summed E-state index contributed by atoms with van der Waals surface area (Å²) in [7, 11) is 1.45. The molecule has 0 saturated carbocycles. The molecular weight excluding hydrogens is 414 g/mol. The Morgan fingerprint density at radius 2 is 1.50 bits per heavy atom. The van der Waals surface area contributed by atoms with Crippen LogP contribution in [-0.2, 0) is 19.2 Å². The van der Waals surface area contributed by atoms with E-state index in [1.807, 2.05) is 0 Å². The van der Waals surface area contributed by atoms with Gasteiger partial charge in [0, 0.05) is 6.42 Å². The molecule has 0 radical (unpaired) electrons. The first-order valence-electron chi connectivity index (χ1n) is 6.74. The lowest BCUT2D eigenvalue weighted by Gasteiger charge is -2.03. The monoisotopic (exact) mass is 432 g/mol. The van der Waals surface area contributed by atoms with Crippen LogP contribution in [0.15, 0.2) is 0 Å². The predicted octanol–water partition coefficient (Wildman–Crippen LogP) is -5.39. The number of carbonyl (C=O) groups excluding carboxylic acids is 2. The largest absolute Gasteiger partial charge is 0.542 e. The molecule has 0 aliphatic heterocycles. The summed E-state index contributed by atoms with van der Waals surface area (Å²) in [4.78, 5) is 35.3. The van der Waals surface area contributed by atoms with Crippen molar-refractivity contribution in [1.82, 2.24) is 5.48 Å². The van der Waals surface area contributed by atoms with Gasteiger partial charge < -0.3 is 30.6 Å². The Hall–Kier alpha value is -2.82. The van der Waals surface area contributed by atoms with E-state index in [0.717, 1.165) is 0 Å². The highest BCUT2D eigenvalue weighted by molar-refractivity contribution is 5.71. The molecule has 0 heterocycles. The van der Waals surface area contributed by atoms with Gasteiger partial charge in [-0.3, -0.25) is 10.7 Å². The summed E-state index contributed by atoms with van der Waals surface area (Å²) in [6.45, 7) is 0.585. The first-order chi connectivity index (χ1) is 12.5. The molecule has 0 aromatic carbocycles. The zero-order valence-corrected chi connectivity index (χ0v) is 14.1. The zero-order valence-electron chi connectivity index (χ0n) is 14.1. The maximum Gasteiger partial charge on any atom is 0.430 e. The van der Waals surface area contributed by atoms with E-state index < -0.39 is 36.3 Å². The number of hydrogen-bond acceptors (Lipinski definition) is 6. The molecule has 0 bridgehead atoms. The van der Waals surface area contributed by atoms with Crippen LogP contribution in [0.1, 0.15) is 12.8 Å². The summed E-state index contributed by atoms with van der Waals surface area (Å²) in [6, 6.07) is -0.562. The van der Waals surface area contributed by atoms with Crippen LogP contribution in [0.5, 0.6) is 0 Å². The third-order valence-electron chi connectivity index (χ3n) is 2.07. The fourth-order valence-corrected chi connectivity index (χ4v) is 0.841. The van der Waals surface area contributed by atoms with Crippen molar-refractivity contribution in [3.63, 3.8) is 0 Å². The van der Waals surface area contributed by atoms with E-state index in [2.05, 4.69) is 21.0 Å². The van der Waals surface area contributed by atoms with Gasteiger partial charge in [0.1, 0.15) is 11.9 Å². The average Bonchev–Trinajstić information content (AvgIpc) is 2.50. The summed E-state index contributed by atoms with van der Waals surface area (Å²) >= 11 is 0. The number of quaternary nitrogens is 1. The number of aliphatic carboxylic acids is 3. The molecule has 0 spiro atoms. The highest BCUT2D eigenvalue weighted by Crippen LogP contribution is 2.12. The first kappa shape index (κ1) is 29.9. The van der Waals surface area contributed by atoms with Crippen molar-refractivity contribution < 1.29 is 71.6 Å². The van der Waals surface area contributed by atoms with Crippen LogP contribution in [-0.4, -0.2) is 61.0 Å². The van der Waals surface area contributed by atoms with E-state index in [-0.39, 0.29) is 0 Å². The molecule has 0 rings (SSSR count). The molecule has 0 saturated heterocycles. The number of carboxylic acids is 3. The van der Waals surface area contributed by atoms with Crippen LogP contribution in [0.4, 0.5) is 26.3 Å². The van der Waals surface area contributed by atoms with Gasteiger partial charge in [-0.15, -0.1) is 5.48 Å². The van der Waals surface area contributed by atoms with E-state index in [1.54, 1.807) is 0 Å². The van der Waals surface area contributed by atoms with Gasteiger partial charge in [-0.1, -0.05) is 0 Å². The van der Waals surface area contributed by atoms with Crippen LogP contribution >= 0.6 is 0 Å². The molecule has 0 unspecified atom stereocenters. The van der Waals surface area contributed by atoms with Crippen LogP contribution in [0, 0.1) is 0 Å². The highest BCUT2D eigenvalue weighted by Gasteiger charge is 2.29. The SMILES string of the molecule is CONC(N)=[NH+]CCC[C@H]([NH3+])C(=O)O.O=C([O-])C(F)(F)F.O=C([O-])C(F)(F)F. The standard InChI is InChI=1S/C7H16N4O3.2C2HF3O2/c1-14-11-7(9)10-4-2-3-5(8)6(12)13;2*3-2(4,5)1(6)7/h5H,2-4,8H2,1H3,(H,12,13)(H3,9,10,11);2*(H,6,7)/t5-;;/m0../s1. The fraction of sp³-hybridized carbons (Fsp3) is 0.636. The molecule has 1 atom stereocenters. The second kappa shape index (κ2) is 14.3. The molecule has 0 aromatic rings. The topological polar surface area (TPSA) is 206 Å². The van der Waals surface area contributed by atoms with E-state index in [1.165, 1.54) is 7.11 Å². The van der Waals surface area contributed by atoms with E-state index in [0.29, 0.717) is 25.3 Å². The molecule has 0 fully saturated rings. The number of guanidine groups is 1. The smallest absolute Gasteiger partial charge is 0.430 e. The Morgan fingerprint density at radius 1 is 1.14 bits per heavy atom. The minimum Gasteiger partial charge on any atom is -0.542 e. The molecule has 28 heavy (non-hydrogen) atoms. The number of carboxylic acid groups (broad SMARTS) is 3. The summed E-state index contributed by atoms with van der Waals surface area (Å²) in [6.07, 6.45) is -9.19. The number of hydrogen-bond donors (Lipinski definition) is 5. The molecule has 166 valence electrons. The second-order valence-corrected chi connectivity index (χ2v) is 4.39. The summed E-state index contributed by atoms with van der Waals surface area (Å²) < 4.78 is 63.1.